The Morgan fingerprint density at radius 1 is 1.42 bits per heavy atom. The minimum Gasteiger partial charge on any atom is -0.342 e. The molecule has 0 aliphatic carbocycles. The Hall–Kier alpha value is -0.580. The normalized spacial score (nSPS) is 18.2. The number of rotatable bonds is 4. The van der Waals surface area contributed by atoms with Gasteiger partial charge in [-0.3, -0.25) is 4.79 Å². The summed E-state index contributed by atoms with van der Waals surface area (Å²) in [5.41, 5.74) is 6.83. The molecule has 0 radical (unpaired) electrons. The van der Waals surface area contributed by atoms with Crippen LogP contribution in [0, 0.1) is 5.92 Å². The second-order valence-corrected chi connectivity index (χ2v) is 5.68. The number of amides is 1. The van der Waals surface area contributed by atoms with E-state index in [1.165, 1.54) is 5.56 Å². The zero-order valence-electron chi connectivity index (χ0n) is 10.8. The van der Waals surface area contributed by atoms with Gasteiger partial charge in [-0.25, -0.2) is 0 Å². The zero-order valence-corrected chi connectivity index (χ0v) is 13.3. The maximum atomic E-state index is 12.1. The molecule has 1 heterocycles. The molecule has 0 spiro atoms. The largest absolute Gasteiger partial charge is 0.342 e. The number of hydrogen-bond donors (Lipinski definition) is 1. The molecule has 1 aliphatic heterocycles. The predicted molar refractivity (Wildman–Crippen MR) is 83.5 cm³/mol. The van der Waals surface area contributed by atoms with Crippen LogP contribution in [0.5, 0.6) is 0 Å². The Morgan fingerprint density at radius 3 is 2.79 bits per heavy atom. The Kier molecular flexibility index (Phi) is 6.83. The van der Waals surface area contributed by atoms with Gasteiger partial charge >= 0.3 is 0 Å². The zero-order chi connectivity index (χ0) is 13.0. The van der Waals surface area contributed by atoms with Crippen LogP contribution in [0.3, 0.4) is 0 Å². The molecule has 1 fully saturated rings. The van der Waals surface area contributed by atoms with E-state index in [9.17, 15) is 4.79 Å². The lowest BCUT2D eigenvalue weighted by Gasteiger charge is -2.16. The third kappa shape index (κ3) is 4.48. The second-order valence-electron chi connectivity index (χ2n) is 4.82. The Balaban J connectivity index is 0.00000180. The van der Waals surface area contributed by atoms with Crippen molar-refractivity contribution in [1.29, 1.82) is 0 Å². The number of halogens is 2. The van der Waals surface area contributed by atoms with Crippen molar-refractivity contribution in [1.82, 2.24) is 4.90 Å². The molecule has 0 bridgehead atoms. The monoisotopic (exact) mass is 346 g/mol. The Labute approximate surface area is 129 Å². The number of hydrogen-bond acceptors (Lipinski definition) is 2. The van der Waals surface area contributed by atoms with Crippen molar-refractivity contribution in [2.75, 3.05) is 19.6 Å². The van der Waals surface area contributed by atoms with Crippen molar-refractivity contribution in [3.05, 3.63) is 34.3 Å². The van der Waals surface area contributed by atoms with Crippen molar-refractivity contribution in [2.45, 2.75) is 19.3 Å². The first kappa shape index (κ1) is 16.5. The van der Waals surface area contributed by atoms with Crippen molar-refractivity contribution >= 4 is 34.2 Å². The summed E-state index contributed by atoms with van der Waals surface area (Å²) in [6, 6.07) is 8.07. The topological polar surface area (TPSA) is 46.3 Å². The van der Waals surface area contributed by atoms with E-state index in [4.69, 9.17) is 5.73 Å². The molecular weight excluding hydrogens is 328 g/mol. The highest BCUT2D eigenvalue weighted by atomic mass is 79.9. The third-order valence-electron chi connectivity index (χ3n) is 3.54. The molecule has 0 saturated carbocycles. The molecule has 1 aromatic rings. The molecule has 106 valence electrons. The lowest BCUT2D eigenvalue weighted by molar-refractivity contribution is -0.130. The van der Waals surface area contributed by atoms with Gasteiger partial charge in [0.15, 0.2) is 0 Å². The maximum absolute atomic E-state index is 12.1. The molecule has 2 N–H and O–H groups in total. The lowest BCUT2D eigenvalue weighted by Crippen LogP contribution is -2.30. The van der Waals surface area contributed by atoms with Crippen LogP contribution in [0.25, 0.3) is 0 Å². The van der Waals surface area contributed by atoms with Crippen LogP contribution < -0.4 is 5.73 Å². The lowest BCUT2D eigenvalue weighted by atomic mass is 10.1. The first-order valence-corrected chi connectivity index (χ1v) is 7.21. The Bertz CT molecular complexity index is 428. The third-order valence-corrected chi connectivity index (χ3v) is 4.31. The SMILES string of the molecule is Cl.NCC1CCN(C(=O)CCc2ccccc2Br)C1. The first-order valence-electron chi connectivity index (χ1n) is 6.42. The highest BCUT2D eigenvalue weighted by molar-refractivity contribution is 9.10. The number of nitrogens with two attached hydrogens (primary N) is 1. The summed E-state index contributed by atoms with van der Waals surface area (Å²) in [6.45, 7) is 2.40. The summed E-state index contributed by atoms with van der Waals surface area (Å²) < 4.78 is 1.08. The summed E-state index contributed by atoms with van der Waals surface area (Å²) in [5, 5.41) is 0. The Morgan fingerprint density at radius 2 is 2.16 bits per heavy atom. The van der Waals surface area contributed by atoms with E-state index in [1.807, 2.05) is 23.1 Å². The molecular formula is C14H20BrClN2O. The fourth-order valence-electron chi connectivity index (χ4n) is 2.35. The predicted octanol–water partition coefficient (Wildman–Crippen LogP) is 2.61. The molecule has 1 amide bonds. The minimum absolute atomic E-state index is 0. The number of nitrogens with zero attached hydrogens (tertiary/aromatic N) is 1. The molecule has 1 atom stereocenters. The molecule has 19 heavy (non-hydrogen) atoms. The van der Waals surface area contributed by atoms with E-state index in [2.05, 4.69) is 22.0 Å². The van der Waals surface area contributed by atoms with Crippen LogP contribution in [0.4, 0.5) is 0 Å². The van der Waals surface area contributed by atoms with Gasteiger partial charge in [0, 0.05) is 24.0 Å². The van der Waals surface area contributed by atoms with Crippen molar-refractivity contribution in [2.24, 2.45) is 11.7 Å². The number of aryl methyl sites for hydroxylation is 1. The van der Waals surface area contributed by atoms with E-state index in [1.54, 1.807) is 0 Å². The molecule has 2 rings (SSSR count). The first-order chi connectivity index (χ1) is 8.70. The van der Waals surface area contributed by atoms with Crippen molar-refractivity contribution in [3.8, 4) is 0 Å². The molecule has 1 aliphatic rings. The van der Waals surface area contributed by atoms with Crippen LogP contribution >= 0.6 is 28.3 Å². The average molecular weight is 348 g/mol. The summed E-state index contributed by atoms with van der Waals surface area (Å²) in [4.78, 5) is 14.0. The van der Waals surface area contributed by atoms with Gasteiger partial charge in [-0.15, -0.1) is 12.4 Å². The standard InChI is InChI=1S/C14H19BrN2O.ClH/c15-13-4-2-1-3-12(13)5-6-14(18)17-8-7-11(9-16)10-17;/h1-4,11H,5-10,16H2;1H. The van der Waals surface area contributed by atoms with Gasteiger partial charge in [0.05, 0.1) is 0 Å². The molecule has 5 heteroatoms. The smallest absolute Gasteiger partial charge is 0.222 e. The fraction of sp³-hybridized carbons (Fsp3) is 0.500. The maximum Gasteiger partial charge on any atom is 0.222 e. The highest BCUT2D eigenvalue weighted by Gasteiger charge is 2.24. The van der Waals surface area contributed by atoms with Gasteiger partial charge in [-0.1, -0.05) is 34.1 Å². The van der Waals surface area contributed by atoms with Crippen LogP contribution in [0.15, 0.2) is 28.7 Å². The number of carbonyl (C=O) groups is 1. The van der Waals surface area contributed by atoms with Crippen molar-refractivity contribution < 1.29 is 4.79 Å². The van der Waals surface area contributed by atoms with Gasteiger partial charge < -0.3 is 10.6 Å². The fourth-order valence-corrected chi connectivity index (χ4v) is 2.84. The van der Waals surface area contributed by atoms with Gasteiger partial charge in [-0.05, 0) is 36.9 Å². The highest BCUT2D eigenvalue weighted by Crippen LogP contribution is 2.20. The quantitative estimate of drug-likeness (QED) is 0.910. The molecule has 1 saturated heterocycles. The number of likely N-dealkylation sites (tertiary alicyclic amines) is 1. The molecule has 1 unspecified atom stereocenters. The van der Waals surface area contributed by atoms with Crippen LogP contribution in [0.1, 0.15) is 18.4 Å². The van der Waals surface area contributed by atoms with Gasteiger partial charge in [0.1, 0.15) is 0 Å². The molecule has 0 aromatic heterocycles. The summed E-state index contributed by atoms with van der Waals surface area (Å²) in [7, 11) is 0. The number of benzene rings is 1. The van der Waals surface area contributed by atoms with Crippen LogP contribution in [-0.4, -0.2) is 30.4 Å². The van der Waals surface area contributed by atoms with Gasteiger partial charge in [0.25, 0.3) is 0 Å². The number of carbonyl (C=O) groups excluding carboxylic acids is 1. The second kappa shape index (κ2) is 7.88. The average Bonchev–Trinajstić information content (AvgIpc) is 2.86. The minimum atomic E-state index is 0. The molecule has 3 nitrogen and oxygen atoms in total. The van der Waals surface area contributed by atoms with E-state index in [0.717, 1.165) is 30.4 Å². The van der Waals surface area contributed by atoms with Crippen LogP contribution in [-0.2, 0) is 11.2 Å². The summed E-state index contributed by atoms with van der Waals surface area (Å²) in [6.07, 6.45) is 2.43. The van der Waals surface area contributed by atoms with E-state index >= 15 is 0 Å². The van der Waals surface area contributed by atoms with Crippen molar-refractivity contribution in [3.63, 3.8) is 0 Å². The summed E-state index contributed by atoms with van der Waals surface area (Å²) in [5.74, 6) is 0.749. The van der Waals surface area contributed by atoms with E-state index < -0.39 is 0 Å². The molecule has 1 aromatic carbocycles. The van der Waals surface area contributed by atoms with Gasteiger partial charge in [0.2, 0.25) is 5.91 Å². The van der Waals surface area contributed by atoms with E-state index in [0.29, 0.717) is 18.9 Å². The van der Waals surface area contributed by atoms with E-state index in [-0.39, 0.29) is 18.3 Å². The summed E-state index contributed by atoms with van der Waals surface area (Å²) >= 11 is 3.51. The van der Waals surface area contributed by atoms with Crippen LogP contribution in [0.2, 0.25) is 0 Å². The van der Waals surface area contributed by atoms with Gasteiger partial charge in [-0.2, -0.15) is 0 Å².